The summed E-state index contributed by atoms with van der Waals surface area (Å²) >= 11 is 0. The van der Waals surface area contributed by atoms with Crippen LogP contribution in [0.1, 0.15) is 46.5 Å². The SMILES string of the molecule is C[C@@H]1/C=C/C(C)(C)[C@H](O)CC/C(CO)=C/CC1. The second kappa shape index (κ2) is 6.36. The van der Waals surface area contributed by atoms with E-state index in [9.17, 15) is 10.2 Å². The molecule has 0 unspecified atom stereocenters. The summed E-state index contributed by atoms with van der Waals surface area (Å²) in [7, 11) is 0. The summed E-state index contributed by atoms with van der Waals surface area (Å²) in [4.78, 5) is 0. The predicted molar refractivity (Wildman–Crippen MR) is 71.7 cm³/mol. The van der Waals surface area contributed by atoms with E-state index in [1.165, 1.54) is 0 Å². The highest BCUT2D eigenvalue weighted by molar-refractivity contribution is 5.07. The largest absolute Gasteiger partial charge is 0.392 e. The monoisotopic (exact) mass is 238 g/mol. The topological polar surface area (TPSA) is 40.5 Å². The van der Waals surface area contributed by atoms with Crippen molar-refractivity contribution < 1.29 is 10.2 Å². The fraction of sp³-hybridized carbons (Fsp3) is 0.733. The molecule has 0 aromatic carbocycles. The van der Waals surface area contributed by atoms with Gasteiger partial charge in [0, 0.05) is 5.41 Å². The molecular formula is C15H26O2. The van der Waals surface area contributed by atoms with Crippen LogP contribution < -0.4 is 0 Å². The van der Waals surface area contributed by atoms with Crippen LogP contribution in [-0.2, 0) is 0 Å². The summed E-state index contributed by atoms with van der Waals surface area (Å²) in [5.74, 6) is 0.524. The van der Waals surface area contributed by atoms with Gasteiger partial charge in [-0.2, -0.15) is 0 Å². The minimum Gasteiger partial charge on any atom is -0.392 e. The average Bonchev–Trinajstić information content (AvgIpc) is 2.31. The fourth-order valence-corrected chi connectivity index (χ4v) is 2.11. The van der Waals surface area contributed by atoms with Crippen LogP contribution in [0, 0.1) is 11.3 Å². The zero-order valence-corrected chi connectivity index (χ0v) is 11.3. The standard InChI is InChI=1S/C15H26O2/c1-12-5-4-6-13(11-16)7-8-14(17)15(2,3)10-9-12/h6,9-10,12,14,16-17H,4-5,7-8,11H2,1-3H3/b10-9+,13-6-/t12-,14+/m0/s1. The van der Waals surface area contributed by atoms with Crippen molar-refractivity contribution in [1.82, 2.24) is 0 Å². The van der Waals surface area contributed by atoms with Gasteiger partial charge in [0.1, 0.15) is 0 Å². The number of aliphatic hydroxyl groups is 2. The number of aliphatic hydroxyl groups excluding tert-OH is 2. The van der Waals surface area contributed by atoms with Crippen molar-refractivity contribution in [1.29, 1.82) is 0 Å². The molecule has 0 aliphatic heterocycles. The van der Waals surface area contributed by atoms with E-state index in [2.05, 4.69) is 39.0 Å². The molecule has 0 radical (unpaired) electrons. The Hall–Kier alpha value is -0.600. The molecule has 0 saturated carbocycles. The Bertz CT molecular complexity index is 289. The summed E-state index contributed by atoms with van der Waals surface area (Å²) in [5.41, 5.74) is 0.882. The molecule has 0 aromatic heterocycles. The van der Waals surface area contributed by atoms with Gasteiger partial charge in [0.15, 0.2) is 0 Å². The third kappa shape index (κ3) is 4.64. The maximum atomic E-state index is 10.2. The van der Waals surface area contributed by atoms with Crippen LogP contribution in [0.3, 0.4) is 0 Å². The first-order chi connectivity index (χ1) is 7.95. The fourth-order valence-electron chi connectivity index (χ4n) is 2.11. The van der Waals surface area contributed by atoms with Gasteiger partial charge in [0.25, 0.3) is 0 Å². The Morgan fingerprint density at radius 1 is 1.35 bits per heavy atom. The molecule has 17 heavy (non-hydrogen) atoms. The number of hydrogen-bond acceptors (Lipinski definition) is 2. The molecule has 0 amide bonds. The molecule has 2 heteroatoms. The molecule has 0 heterocycles. The van der Waals surface area contributed by atoms with Crippen LogP contribution in [0.2, 0.25) is 0 Å². The van der Waals surface area contributed by atoms with Crippen molar-refractivity contribution in [3.8, 4) is 0 Å². The van der Waals surface area contributed by atoms with Crippen LogP contribution in [-0.4, -0.2) is 22.9 Å². The summed E-state index contributed by atoms with van der Waals surface area (Å²) in [5, 5.41) is 19.4. The molecule has 1 aliphatic rings. The lowest BCUT2D eigenvalue weighted by molar-refractivity contribution is 0.0733. The first-order valence-corrected chi connectivity index (χ1v) is 6.62. The number of hydrogen-bond donors (Lipinski definition) is 2. The van der Waals surface area contributed by atoms with Gasteiger partial charge in [-0.15, -0.1) is 0 Å². The molecule has 0 saturated heterocycles. The van der Waals surface area contributed by atoms with Crippen LogP contribution in [0.15, 0.2) is 23.8 Å². The van der Waals surface area contributed by atoms with E-state index in [0.717, 1.165) is 31.3 Å². The Morgan fingerprint density at radius 2 is 2.06 bits per heavy atom. The van der Waals surface area contributed by atoms with Crippen LogP contribution in [0.4, 0.5) is 0 Å². The molecule has 0 bridgehead atoms. The molecule has 2 atom stereocenters. The third-order valence-electron chi connectivity index (χ3n) is 3.71. The van der Waals surface area contributed by atoms with Gasteiger partial charge in [-0.3, -0.25) is 0 Å². The third-order valence-corrected chi connectivity index (χ3v) is 3.71. The van der Waals surface area contributed by atoms with E-state index < -0.39 is 0 Å². The van der Waals surface area contributed by atoms with E-state index in [1.807, 2.05) is 0 Å². The lowest BCUT2D eigenvalue weighted by atomic mass is 9.82. The van der Waals surface area contributed by atoms with Crippen molar-refractivity contribution >= 4 is 0 Å². The Morgan fingerprint density at radius 3 is 2.71 bits per heavy atom. The van der Waals surface area contributed by atoms with E-state index in [-0.39, 0.29) is 18.1 Å². The second-order valence-electron chi connectivity index (χ2n) is 5.81. The molecule has 0 spiro atoms. The van der Waals surface area contributed by atoms with Crippen molar-refractivity contribution in [3.05, 3.63) is 23.8 Å². The molecule has 1 rings (SSSR count). The summed E-state index contributed by atoms with van der Waals surface area (Å²) in [6.07, 6.45) is 9.77. The summed E-state index contributed by atoms with van der Waals surface area (Å²) in [6, 6.07) is 0. The molecule has 2 N–H and O–H groups in total. The van der Waals surface area contributed by atoms with Gasteiger partial charge in [-0.25, -0.2) is 0 Å². The van der Waals surface area contributed by atoms with Crippen molar-refractivity contribution in [2.45, 2.75) is 52.6 Å². The van der Waals surface area contributed by atoms with Gasteiger partial charge in [-0.05, 0) is 37.2 Å². The molecular weight excluding hydrogens is 212 g/mol. The smallest absolute Gasteiger partial charge is 0.0641 e. The van der Waals surface area contributed by atoms with E-state index in [0.29, 0.717) is 5.92 Å². The molecule has 1 aliphatic carbocycles. The lowest BCUT2D eigenvalue weighted by Crippen LogP contribution is -2.27. The minimum absolute atomic E-state index is 0.120. The van der Waals surface area contributed by atoms with Crippen LogP contribution in [0.5, 0.6) is 0 Å². The van der Waals surface area contributed by atoms with Crippen molar-refractivity contribution in [2.75, 3.05) is 6.61 Å². The van der Waals surface area contributed by atoms with E-state index in [1.54, 1.807) is 0 Å². The first kappa shape index (κ1) is 14.5. The quantitative estimate of drug-likeness (QED) is 0.689. The van der Waals surface area contributed by atoms with Gasteiger partial charge < -0.3 is 10.2 Å². The van der Waals surface area contributed by atoms with Crippen molar-refractivity contribution in [3.63, 3.8) is 0 Å². The van der Waals surface area contributed by atoms with Gasteiger partial charge in [0.2, 0.25) is 0 Å². The lowest BCUT2D eigenvalue weighted by Gasteiger charge is -2.27. The van der Waals surface area contributed by atoms with Gasteiger partial charge in [-0.1, -0.05) is 39.0 Å². The maximum Gasteiger partial charge on any atom is 0.0641 e. The highest BCUT2D eigenvalue weighted by Crippen LogP contribution is 2.28. The molecule has 98 valence electrons. The van der Waals surface area contributed by atoms with Gasteiger partial charge >= 0.3 is 0 Å². The second-order valence-corrected chi connectivity index (χ2v) is 5.81. The zero-order chi connectivity index (χ0) is 12.9. The summed E-state index contributed by atoms with van der Waals surface area (Å²) in [6.45, 7) is 6.46. The first-order valence-electron chi connectivity index (χ1n) is 6.62. The average molecular weight is 238 g/mol. The Labute approximate surface area is 105 Å². The zero-order valence-electron chi connectivity index (χ0n) is 11.3. The van der Waals surface area contributed by atoms with Crippen LogP contribution in [0.25, 0.3) is 0 Å². The molecule has 0 aromatic rings. The Balaban J connectivity index is 2.81. The molecule has 2 nitrogen and oxygen atoms in total. The molecule has 0 fully saturated rings. The number of allylic oxidation sites excluding steroid dienone is 2. The predicted octanol–water partition coefficient (Wildman–Crippen LogP) is 3.06. The minimum atomic E-state index is -0.348. The van der Waals surface area contributed by atoms with Gasteiger partial charge in [0.05, 0.1) is 12.7 Å². The number of rotatable bonds is 1. The Kier molecular flexibility index (Phi) is 5.41. The van der Waals surface area contributed by atoms with Crippen molar-refractivity contribution in [2.24, 2.45) is 11.3 Å². The summed E-state index contributed by atoms with van der Waals surface area (Å²) < 4.78 is 0. The highest BCUT2D eigenvalue weighted by Gasteiger charge is 2.25. The van der Waals surface area contributed by atoms with E-state index in [4.69, 9.17) is 0 Å². The van der Waals surface area contributed by atoms with E-state index >= 15 is 0 Å². The maximum absolute atomic E-state index is 10.2. The van der Waals surface area contributed by atoms with Crippen LogP contribution >= 0.6 is 0 Å². The highest BCUT2D eigenvalue weighted by atomic mass is 16.3. The normalized spacial score (nSPS) is 35.5.